The minimum Gasteiger partial charge on any atom is -0.471 e. The Balaban J connectivity index is 0.00000111. The third kappa shape index (κ3) is 15.2. The molecule has 0 saturated carbocycles. The minimum absolute atomic E-state index is 0.218. The number of ether oxygens (including phenoxy) is 4. The summed E-state index contributed by atoms with van der Waals surface area (Å²) in [7, 11) is 7.22. The molecule has 15 nitrogen and oxygen atoms in total. The van der Waals surface area contributed by atoms with Gasteiger partial charge in [-0.05, 0) is 67.6 Å². The standard InChI is InChI=1S/C37H37N7O5.C2H4O2.C2H6O/c1-26-9-4-10-27(38-26)19-43(23-31-14-7-17-34(41-31)36(46)48-2)20-28-11-5-12-29(39-28)21-44(22-30-13-6-16-33(25-45)40-30)24-32-15-8-18-35(42-32)37(47)49-3;1-4-2-3;1-3-2/h4-18,25H,19-24H2,1-3H3;2H,1H3;1-2H3. The third-order valence-electron chi connectivity index (χ3n) is 7.57. The lowest BCUT2D eigenvalue weighted by Crippen LogP contribution is -2.26. The van der Waals surface area contributed by atoms with Gasteiger partial charge < -0.3 is 18.9 Å². The molecule has 0 aliphatic rings. The van der Waals surface area contributed by atoms with Crippen LogP contribution in [0.1, 0.15) is 71.3 Å². The SMILES string of the molecule is COC.COC(=O)c1cccc(CN(Cc2cccc(C)n2)Cc2cccc(CN(Cc3cccc(C=O)n3)Cc3cccc(C(=O)OC)n3)n2)n1.COC=O. The van der Waals surface area contributed by atoms with E-state index < -0.39 is 11.9 Å². The highest BCUT2D eigenvalue weighted by atomic mass is 16.5. The molecule has 0 fully saturated rings. The molecule has 5 aromatic heterocycles. The summed E-state index contributed by atoms with van der Waals surface area (Å²) in [6.07, 6.45) is 0.722. The summed E-state index contributed by atoms with van der Waals surface area (Å²) >= 11 is 0. The maximum Gasteiger partial charge on any atom is 0.356 e. The zero-order chi connectivity index (χ0) is 40.7. The normalized spacial score (nSPS) is 10.4. The number of esters is 2. The summed E-state index contributed by atoms with van der Waals surface area (Å²) in [5.74, 6) is -1.01. The highest BCUT2D eigenvalue weighted by molar-refractivity contribution is 5.87. The first-order valence-electron chi connectivity index (χ1n) is 17.3. The van der Waals surface area contributed by atoms with E-state index in [9.17, 15) is 14.4 Å². The van der Waals surface area contributed by atoms with Crippen molar-refractivity contribution in [3.8, 4) is 0 Å². The van der Waals surface area contributed by atoms with E-state index in [2.05, 4.69) is 34.2 Å². The molecule has 5 aromatic rings. The van der Waals surface area contributed by atoms with Crippen molar-refractivity contribution < 1.29 is 38.1 Å². The predicted octanol–water partition coefficient (Wildman–Crippen LogP) is 4.81. The van der Waals surface area contributed by atoms with Gasteiger partial charge in [0.1, 0.15) is 17.1 Å². The Morgan fingerprint density at radius 3 is 1.23 bits per heavy atom. The molecule has 0 radical (unpaired) electrons. The van der Waals surface area contributed by atoms with Crippen LogP contribution in [0.25, 0.3) is 0 Å². The number of aromatic nitrogens is 5. The number of carbonyl (C=O) groups is 4. The van der Waals surface area contributed by atoms with Crippen LogP contribution in [-0.2, 0) is 63.0 Å². The van der Waals surface area contributed by atoms with E-state index in [0.29, 0.717) is 68.5 Å². The van der Waals surface area contributed by atoms with Gasteiger partial charge in [0.05, 0.1) is 55.5 Å². The molecule has 0 aromatic carbocycles. The number of hydrogen-bond donors (Lipinski definition) is 0. The van der Waals surface area contributed by atoms with Gasteiger partial charge in [0, 0.05) is 59.2 Å². The van der Waals surface area contributed by atoms with Crippen molar-refractivity contribution in [3.63, 3.8) is 0 Å². The number of pyridine rings is 5. The van der Waals surface area contributed by atoms with E-state index >= 15 is 0 Å². The fraction of sp³-hybridized carbons (Fsp3) is 0.293. The molecule has 0 aliphatic heterocycles. The molecule has 0 saturated heterocycles. The largest absolute Gasteiger partial charge is 0.471 e. The Kier molecular flexibility index (Phi) is 19.0. The predicted molar refractivity (Wildman–Crippen MR) is 206 cm³/mol. The van der Waals surface area contributed by atoms with Crippen molar-refractivity contribution in [1.29, 1.82) is 0 Å². The molecule has 0 aliphatic carbocycles. The van der Waals surface area contributed by atoms with Crippen molar-refractivity contribution in [1.82, 2.24) is 34.7 Å². The summed E-state index contributed by atoms with van der Waals surface area (Å²) in [6, 6.07) is 27.7. The fourth-order valence-corrected chi connectivity index (χ4v) is 5.33. The molecular formula is C41H47N7O8. The van der Waals surface area contributed by atoms with Gasteiger partial charge in [-0.25, -0.2) is 24.5 Å². The molecular weight excluding hydrogens is 718 g/mol. The Hall–Kier alpha value is -6.29. The number of methoxy groups -OCH3 is 4. The molecule has 0 amide bonds. The lowest BCUT2D eigenvalue weighted by atomic mass is 10.2. The average Bonchev–Trinajstić information content (AvgIpc) is 3.21. The second kappa shape index (κ2) is 24.2. The first kappa shape index (κ1) is 44.1. The van der Waals surface area contributed by atoms with E-state index in [1.54, 1.807) is 50.6 Å². The Bertz CT molecular complexity index is 2010. The smallest absolute Gasteiger partial charge is 0.356 e. The molecule has 0 bridgehead atoms. The van der Waals surface area contributed by atoms with Crippen molar-refractivity contribution in [2.75, 3.05) is 35.5 Å². The van der Waals surface area contributed by atoms with Crippen molar-refractivity contribution in [2.45, 2.75) is 46.2 Å². The molecule has 0 spiro atoms. The number of nitrogens with zero attached hydrogens (tertiary/aromatic N) is 7. The lowest BCUT2D eigenvalue weighted by molar-refractivity contribution is -0.126. The van der Waals surface area contributed by atoms with Crippen LogP contribution < -0.4 is 0 Å². The van der Waals surface area contributed by atoms with E-state index in [0.717, 1.165) is 29.1 Å². The molecule has 0 N–H and O–H groups in total. The molecule has 0 unspecified atom stereocenters. The average molecular weight is 766 g/mol. The van der Waals surface area contributed by atoms with Gasteiger partial charge in [0.25, 0.3) is 6.47 Å². The maximum atomic E-state index is 12.2. The maximum absolute atomic E-state index is 12.2. The van der Waals surface area contributed by atoms with E-state index in [1.807, 2.05) is 61.5 Å². The van der Waals surface area contributed by atoms with Gasteiger partial charge in [-0.15, -0.1) is 0 Å². The topological polar surface area (TPSA) is 176 Å². The van der Waals surface area contributed by atoms with Crippen LogP contribution in [0.3, 0.4) is 0 Å². The number of carbonyl (C=O) groups excluding carboxylic acids is 4. The Morgan fingerprint density at radius 1 is 0.518 bits per heavy atom. The number of aryl methyl sites for hydroxylation is 1. The monoisotopic (exact) mass is 765 g/mol. The van der Waals surface area contributed by atoms with Crippen molar-refractivity contribution in [2.24, 2.45) is 0 Å². The summed E-state index contributed by atoms with van der Waals surface area (Å²) < 4.78 is 17.8. The van der Waals surface area contributed by atoms with E-state index in [-0.39, 0.29) is 11.4 Å². The molecule has 0 atom stereocenters. The van der Waals surface area contributed by atoms with Gasteiger partial charge in [-0.1, -0.05) is 30.3 Å². The van der Waals surface area contributed by atoms with Crippen LogP contribution in [0.5, 0.6) is 0 Å². The quantitative estimate of drug-likeness (QED) is 0.0759. The van der Waals surface area contributed by atoms with Crippen LogP contribution >= 0.6 is 0 Å². The number of hydrogen-bond acceptors (Lipinski definition) is 15. The van der Waals surface area contributed by atoms with Gasteiger partial charge in [-0.3, -0.25) is 29.4 Å². The molecule has 294 valence electrons. The third-order valence-corrected chi connectivity index (χ3v) is 7.57. The lowest BCUT2D eigenvalue weighted by Gasteiger charge is -2.24. The second-order valence-electron chi connectivity index (χ2n) is 12.1. The van der Waals surface area contributed by atoms with E-state index in [4.69, 9.17) is 24.2 Å². The van der Waals surface area contributed by atoms with Gasteiger partial charge in [0.2, 0.25) is 0 Å². The van der Waals surface area contributed by atoms with Crippen LogP contribution in [0.15, 0.2) is 91.0 Å². The van der Waals surface area contributed by atoms with Crippen LogP contribution in [-0.4, -0.2) is 95.0 Å². The summed E-state index contributed by atoms with van der Waals surface area (Å²) in [5.41, 5.74) is 6.37. The van der Waals surface area contributed by atoms with Crippen molar-refractivity contribution >= 4 is 24.7 Å². The number of aldehydes is 1. The first-order chi connectivity index (χ1) is 27.1. The van der Waals surface area contributed by atoms with Crippen LogP contribution in [0.4, 0.5) is 0 Å². The Morgan fingerprint density at radius 2 is 0.857 bits per heavy atom. The first-order valence-corrected chi connectivity index (χ1v) is 17.3. The van der Waals surface area contributed by atoms with Crippen molar-refractivity contribution in [3.05, 3.63) is 148 Å². The van der Waals surface area contributed by atoms with Gasteiger partial charge in [-0.2, -0.15) is 0 Å². The molecule has 15 heteroatoms. The van der Waals surface area contributed by atoms with E-state index in [1.165, 1.54) is 21.3 Å². The van der Waals surface area contributed by atoms with Gasteiger partial charge >= 0.3 is 11.9 Å². The molecule has 56 heavy (non-hydrogen) atoms. The zero-order valence-corrected chi connectivity index (χ0v) is 32.5. The summed E-state index contributed by atoms with van der Waals surface area (Å²) in [6.45, 7) is 5.02. The van der Waals surface area contributed by atoms with Crippen LogP contribution in [0, 0.1) is 6.92 Å². The summed E-state index contributed by atoms with van der Waals surface area (Å²) in [4.78, 5) is 72.2. The fourth-order valence-electron chi connectivity index (χ4n) is 5.33. The van der Waals surface area contributed by atoms with Crippen LogP contribution in [0.2, 0.25) is 0 Å². The Labute approximate surface area is 326 Å². The molecule has 5 heterocycles. The summed E-state index contributed by atoms with van der Waals surface area (Å²) in [5, 5.41) is 0. The second-order valence-corrected chi connectivity index (χ2v) is 12.1. The minimum atomic E-state index is -0.513. The zero-order valence-electron chi connectivity index (χ0n) is 32.5. The molecule has 5 rings (SSSR count). The van der Waals surface area contributed by atoms with Gasteiger partial charge in [0.15, 0.2) is 6.29 Å². The highest BCUT2D eigenvalue weighted by Crippen LogP contribution is 2.16. The number of rotatable bonds is 16. The highest BCUT2D eigenvalue weighted by Gasteiger charge is 2.17.